The van der Waals surface area contributed by atoms with Crippen molar-refractivity contribution < 1.29 is 9.90 Å². The molecule has 0 unspecified atom stereocenters. The number of carbonyl (C=O) groups excluding carboxylic acids is 1. The molecule has 1 amide bonds. The SMILES string of the molecule is CCCN(c1ccc(C(C)(C)O)cc1)c1ccc(C(=O)N2CCCCC2)c(Cl)c1C. The molecule has 1 aliphatic rings. The second kappa shape index (κ2) is 9.40. The Labute approximate surface area is 185 Å². The lowest BCUT2D eigenvalue weighted by Crippen LogP contribution is -2.35. The molecular formula is C25H33ClN2O2. The van der Waals surface area contributed by atoms with E-state index in [-0.39, 0.29) is 5.91 Å². The number of rotatable bonds is 6. The summed E-state index contributed by atoms with van der Waals surface area (Å²) in [6.45, 7) is 10.2. The first-order valence-corrected chi connectivity index (χ1v) is 11.3. The molecular weight excluding hydrogens is 396 g/mol. The van der Waals surface area contributed by atoms with Crippen LogP contribution >= 0.6 is 11.6 Å². The highest BCUT2D eigenvalue weighted by Gasteiger charge is 2.24. The molecule has 3 rings (SSSR count). The Bertz CT molecular complexity index is 881. The lowest BCUT2D eigenvalue weighted by molar-refractivity contribution is 0.0724. The topological polar surface area (TPSA) is 43.8 Å². The van der Waals surface area contributed by atoms with Crippen molar-refractivity contribution in [3.63, 3.8) is 0 Å². The van der Waals surface area contributed by atoms with Crippen molar-refractivity contribution >= 4 is 28.9 Å². The fourth-order valence-electron chi connectivity index (χ4n) is 4.06. The maximum absolute atomic E-state index is 13.0. The molecule has 1 N–H and O–H groups in total. The third-order valence-electron chi connectivity index (χ3n) is 5.85. The van der Waals surface area contributed by atoms with E-state index in [1.165, 1.54) is 6.42 Å². The molecule has 30 heavy (non-hydrogen) atoms. The van der Waals surface area contributed by atoms with Crippen LogP contribution in [0.4, 0.5) is 11.4 Å². The van der Waals surface area contributed by atoms with Gasteiger partial charge in [-0.25, -0.2) is 0 Å². The number of likely N-dealkylation sites (tertiary alicyclic amines) is 1. The van der Waals surface area contributed by atoms with Crippen LogP contribution in [0, 0.1) is 6.92 Å². The van der Waals surface area contributed by atoms with E-state index < -0.39 is 5.60 Å². The Hall–Kier alpha value is -2.04. The average Bonchev–Trinajstić information content (AvgIpc) is 2.74. The number of carbonyl (C=O) groups is 1. The van der Waals surface area contributed by atoms with Crippen molar-refractivity contribution in [1.29, 1.82) is 0 Å². The lowest BCUT2D eigenvalue weighted by Gasteiger charge is -2.30. The summed E-state index contributed by atoms with van der Waals surface area (Å²) < 4.78 is 0. The molecule has 1 saturated heterocycles. The summed E-state index contributed by atoms with van der Waals surface area (Å²) in [5, 5.41) is 10.8. The van der Waals surface area contributed by atoms with Gasteiger partial charge in [-0.2, -0.15) is 0 Å². The lowest BCUT2D eigenvalue weighted by atomic mass is 9.98. The highest BCUT2D eigenvalue weighted by atomic mass is 35.5. The van der Waals surface area contributed by atoms with Crippen LogP contribution in [0.1, 0.15) is 67.9 Å². The molecule has 1 aliphatic heterocycles. The van der Waals surface area contributed by atoms with E-state index in [9.17, 15) is 9.90 Å². The first-order chi connectivity index (χ1) is 14.2. The van der Waals surface area contributed by atoms with Crippen molar-refractivity contribution in [2.24, 2.45) is 0 Å². The van der Waals surface area contributed by atoms with Crippen molar-refractivity contribution in [3.05, 3.63) is 58.1 Å². The molecule has 0 bridgehead atoms. The van der Waals surface area contributed by atoms with Gasteiger partial charge in [-0.1, -0.05) is 30.7 Å². The summed E-state index contributed by atoms with van der Waals surface area (Å²) in [6, 6.07) is 11.9. The van der Waals surface area contributed by atoms with Crippen LogP contribution in [-0.4, -0.2) is 35.5 Å². The van der Waals surface area contributed by atoms with Gasteiger partial charge in [-0.3, -0.25) is 4.79 Å². The highest BCUT2D eigenvalue weighted by Crippen LogP contribution is 2.36. The van der Waals surface area contributed by atoms with Crippen LogP contribution in [0.5, 0.6) is 0 Å². The fourth-order valence-corrected chi connectivity index (χ4v) is 4.30. The molecule has 1 heterocycles. The van der Waals surface area contributed by atoms with E-state index in [0.717, 1.165) is 61.4 Å². The highest BCUT2D eigenvalue weighted by molar-refractivity contribution is 6.35. The van der Waals surface area contributed by atoms with Gasteiger partial charge >= 0.3 is 0 Å². The minimum absolute atomic E-state index is 0.0333. The van der Waals surface area contributed by atoms with E-state index in [1.807, 2.05) is 48.2 Å². The van der Waals surface area contributed by atoms with E-state index >= 15 is 0 Å². The van der Waals surface area contributed by atoms with E-state index in [4.69, 9.17) is 11.6 Å². The van der Waals surface area contributed by atoms with Crippen LogP contribution in [0.2, 0.25) is 5.02 Å². The largest absolute Gasteiger partial charge is 0.386 e. The zero-order valence-electron chi connectivity index (χ0n) is 18.5. The zero-order valence-corrected chi connectivity index (χ0v) is 19.3. The number of aliphatic hydroxyl groups is 1. The number of anilines is 2. The van der Waals surface area contributed by atoms with Gasteiger partial charge in [-0.15, -0.1) is 0 Å². The van der Waals surface area contributed by atoms with E-state index in [0.29, 0.717) is 10.6 Å². The molecule has 0 radical (unpaired) electrons. The van der Waals surface area contributed by atoms with Gasteiger partial charge in [0.15, 0.2) is 0 Å². The second-order valence-corrected chi connectivity index (χ2v) is 9.06. The molecule has 0 saturated carbocycles. The first-order valence-electron chi connectivity index (χ1n) is 10.9. The number of hydrogen-bond donors (Lipinski definition) is 1. The van der Waals surface area contributed by atoms with Gasteiger partial charge in [0.25, 0.3) is 5.91 Å². The molecule has 0 spiro atoms. The molecule has 2 aromatic rings. The van der Waals surface area contributed by atoms with Crippen molar-refractivity contribution in [2.45, 2.75) is 59.0 Å². The summed E-state index contributed by atoms with van der Waals surface area (Å²) in [7, 11) is 0. The smallest absolute Gasteiger partial charge is 0.255 e. The van der Waals surface area contributed by atoms with E-state index in [1.54, 1.807) is 13.8 Å². The number of amides is 1. The summed E-state index contributed by atoms with van der Waals surface area (Å²) >= 11 is 6.72. The summed E-state index contributed by atoms with van der Waals surface area (Å²) in [6.07, 6.45) is 4.28. The van der Waals surface area contributed by atoms with Gasteiger partial charge in [0, 0.05) is 31.0 Å². The van der Waals surface area contributed by atoms with Crippen molar-refractivity contribution in [2.75, 3.05) is 24.5 Å². The second-order valence-electron chi connectivity index (χ2n) is 8.68. The molecule has 162 valence electrons. The molecule has 0 atom stereocenters. The molecule has 0 aromatic heterocycles. The first kappa shape index (κ1) is 22.6. The number of halogens is 1. The molecule has 1 fully saturated rings. The van der Waals surface area contributed by atoms with Gasteiger partial charge in [0.1, 0.15) is 0 Å². The van der Waals surface area contributed by atoms with Gasteiger partial charge in [-0.05, 0) is 81.8 Å². The Balaban J connectivity index is 1.93. The average molecular weight is 429 g/mol. The van der Waals surface area contributed by atoms with Crippen molar-refractivity contribution in [1.82, 2.24) is 4.90 Å². The normalized spacial score (nSPS) is 14.7. The van der Waals surface area contributed by atoms with Crippen LogP contribution in [0.25, 0.3) is 0 Å². The molecule has 4 nitrogen and oxygen atoms in total. The van der Waals surface area contributed by atoms with Gasteiger partial charge in [0.2, 0.25) is 0 Å². The minimum atomic E-state index is -0.871. The van der Waals surface area contributed by atoms with Gasteiger partial charge in [0.05, 0.1) is 16.2 Å². The maximum Gasteiger partial charge on any atom is 0.255 e. The summed E-state index contributed by atoms with van der Waals surface area (Å²) in [5.74, 6) is 0.0333. The third kappa shape index (κ3) is 4.81. The number of piperidine rings is 1. The summed E-state index contributed by atoms with van der Waals surface area (Å²) in [5.41, 5.74) is 3.56. The Morgan fingerprint density at radius 1 is 1.10 bits per heavy atom. The quantitative estimate of drug-likeness (QED) is 0.609. The van der Waals surface area contributed by atoms with Crippen molar-refractivity contribution in [3.8, 4) is 0 Å². The maximum atomic E-state index is 13.0. The Morgan fingerprint density at radius 2 is 1.73 bits per heavy atom. The molecule has 5 heteroatoms. The van der Waals surface area contributed by atoms with Crippen LogP contribution in [0.3, 0.4) is 0 Å². The Morgan fingerprint density at radius 3 is 2.30 bits per heavy atom. The van der Waals surface area contributed by atoms with Crippen LogP contribution < -0.4 is 4.90 Å². The third-order valence-corrected chi connectivity index (χ3v) is 6.34. The molecule has 0 aliphatic carbocycles. The predicted molar refractivity (Wildman–Crippen MR) is 125 cm³/mol. The van der Waals surface area contributed by atoms with Gasteiger partial charge < -0.3 is 14.9 Å². The Kier molecular flexibility index (Phi) is 7.10. The number of hydrogen-bond acceptors (Lipinski definition) is 3. The number of benzene rings is 2. The minimum Gasteiger partial charge on any atom is -0.386 e. The molecule has 2 aromatic carbocycles. The number of nitrogens with zero attached hydrogens (tertiary/aromatic N) is 2. The summed E-state index contributed by atoms with van der Waals surface area (Å²) in [4.78, 5) is 17.1. The predicted octanol–water partition coefficient (Wildman–Crippen LogP) is 6.05. The van der Waals surface area contributed by atoms with Crippen LogP contribution in [0.15, 0.2) is 36.4 Å². The zero-order chi connectivity index (χ0) is 21.9. The fraction of sp³-hybridized carbons (Fsp3) is 0.480. The van der Waals surface area contributed by atoms with E-state index in [2.05, 4.69) is 11.8 Å². The standard InChI is InChI=1S/C25H33ClN2O2/c1-5-15-28(20-11-9-19(10-12-20)25(3,4)30)22-14-13-21(23(26)18(22)2)24(29)27-16-7-6-8-17-27/h9-14,30H,5-8,15-17H2,1-4H3. The monoisotopic (exact) mass is 428 g/mol. The van der Waals surface area contributed by atoms with Crippen LogP contribution in [-0.2, 0) is 5.60 Å².